The van der Waals surface area contributed by atoms with Crippen molar-refractivity contribution in [3.05, 3.63) is 0 Å². The van der Waals surface area contributed by atoms with Crippen LogP contribution in [0.1, 0.15) is 6.92 Å². The van der Waals surface area contributed by atoms with E-state index in [2.05, 4.69) is 6.92 Å². The first-order valence-electron chi connectivity index (χ1n) is 1.51. The van der Waals surface area contributed by atoms with Crippen LogP contribution < -0.4 is 0 Å². The first kappa shape index (κ1) is 6.60. The number of epoxide rings is 1. The minimum absolute atomic E-state index is 0. The zero-order chi connectivity index (χ0) is 2.99. The summed E-state index contributed by atoms with van der Waals surface area (Å²) in [4.78, 5) is 0. The molecule has 1 rings (SSSR count). The minimum atomic E-state index is 0. The van der Waals surface area contributed by atoms with Crippen LogP contribution in [-0.4, -0.2) is 64.1 Å². The van der Waals surface area contributed by atoms with Gasteiger partial charge in [0, 0.05) is 51.4 Å². The van der Waals surface area contributed by atoms with E-state index in [1.54, 1.807) is 0 Å². The topological polar surface area (TPSA) is 12.5 Å². The maximum Gasteiger partial charge on any atom is 0.0781 e. The first-order chi connectivity index (χ1) is 1.89. The molecule has 1 nitrogen and oxygen atoms in total. The van der Waals surface area contributed by atoms with Crippen molar-refractivity contribution in [1.82, 2.24) is 0 Å². The monoisotopic (exact) mass is 97.0 g/mol. The van der Waals surface area contributed by atoms with E-state index in [-0.39, 0.29) is 51.4 Å². The van der Waals surface area contributed by atoms with Gasteiger partial charge in [0.15, 0.2) is 0 Å². The van der Waals surface area contributed by atoms with Gasteiger partial charge in [0.05, 0.1) is 12.7 Å². The van der Waals surface area contributed by atoms with E-state index in [1.165, 1.54) is 0 Å². The molecule has 0 amide bonds. The molecule has 1 radical (unpaired) electrons. The third-order valence-electron chi connectivity index (χ3n) is 0.500. The van der Waals surface area contributed by atoms with Crippen LogP contribution in [0.3, 0.4) is 0 Å². The fourth-order valence-corrected chi connectivity index (χ4v) is 0.0962. The molecule has 0 saturated carbocycles. The summed E-state index contributed by atoms with van der Waals surface area (Å²) in [7, 11) is 0. The predicted octanol–water partition coefficient (Wildman–Crippen LogP) is 0.0243. The van der Waals surface area contributed by atoms with E-state index in [9.17, 15) is 0 Å². The van der Waals surface area contributed by atoms with Gasteiger partial charge < -0.3 is 4.74 Å². The van der Waals surface area contributed by atoms with Crippen LogP contribution in [0, 0.1) is 0 Å². The molecule has 1 atom stereocenters. The van der Waals surface area contributed by atoms with E-state index < -0.39 is 0 Å². The molecular formula is C3H6KO. The second-order valence-corrected chi connectivity index (χ2v) is 1.14. The third kappa shape index (κ3) is 3.43. The van der Waals surface area contributed by atoms with Crippen LogP contribution in [0.2, 0.25) is 0 Å². The molecule has 2 heteroatoms. The Bertz CT molecular complexity index is 26.1. The van der Waals surface area contributed by atoms with Crippen molar-refractivity contribution in [2.24, 2.45) is 0 Å². The van der Waals surface area contributed by atoms with Crippen LogP contribution in [0.25, 0.3) is 0 Å². The maximum atomic E-state index is 4.71. The Morgan fingerprint density at radius 2 is 2.00 bits per heavy atom. The number of ether oxygens (including phenoxy) is 1. The largest absolute Gasteiger partial charge is 0.373 e. The molecule has 1 aliphatic rings. The average molecular weight is 97.2 g/mol. The molecule has 1 saturated heterocycles. The number of hydrogen-bond acceptors (Lipinski definition) is 1. The van der Waals surface area contributed by atoms with Crippen molar-refractivity contribution in [1.29, 1.82) is 0 Å². The Hall–Kier alpha value is 1.60. The van der Waals surface area contributed by atoms with Crippen molar-refractivity contribution in [2.75, 3.05) is 6.61 Å². The van der Waals surface area contributed by atoms with E-state index in [0.717, 1.165) is 6.61 Å². The summed E-state index contributed by atoms with van der Waals surface area (Å²) in [6.45, 7) is 3.04. The quantitative estimate of drug-likeness (QED) is 0.307. The number of rotatable bonds is 0. The molecule has 1 unspecified atom stereocenters. The van der Waals surface area contributed by atoms with Gasteiger partial charge in [-0.1, -0.05) is 0 Å². The predicted molar refractivity (Wildman–Crippen MR) is 21.2 cm³/mol. The molecule has 25 valence electrons. The Morgan fingerprint density at radius 1 is 1.80 bits per heavy atom. The summed E-state index contributed by atoms with van der Waals surface area (Å²) in [5, 5.41) is 0. The van der Waals surface area contributed by atoms with Gasteiger partial charge in [0.25, 0.3) is 0 Å². The minimum Gasteiger partial charge on any atom is -0.373 e. The van der Waals surface area contributed by atoms with Gasteiger partial charge in [-0.3, -0.25) is 0 Å². The zero-order valence-corrected chi connectivity index (χ0v) is 6.82. The third-order valence-corrected chi connectivity index (χ3v) is 0.500. The molecule has 0 N–H and O–H groups in total. The van der Waals surface area contributed by atoms with Crippen LogP contribution in [0.5, 0.6) is 0 Å². The summed E-state index contributed by atoms with van der Waals surface area (Å²) < 4.78 is 4.71. The van der Waals surface area contributed by atoms with Crippen LogP contribution in [-0.2, 0) is 4.74 Å². The van der Waals surface area contributed by atoms with Gasteiger partial charge in [-0.2, -0.15) is 0 Å². The van der Waals surface area contributed by atoms with Crippen molar-refractivity contribution in [2.45, 2.75) is 13.0 Å². The molecule has 1 aliphatic heterocycles. The molecule has 1 heterocycles. The maximum absolute atomic E-state index is 4.71. The fraction of sp³-hybridized carbons (Fsp3) is 1.00. The van der Waals surface area contributed by atoms with Gasteiger partial charge in [-0.25, -0.2) is 0 Å². The number of hydrogen-bond donors (Lipinski definition) is 0. The molecule has 0 aromatic carbocycles. The van der Waals surface area contributed by atoms with Crippen LogP contribution in [0.15, 0.2) is 0 Å². The molecule has 0 bridgehead atoms. The Balaban J connectivity index is 0.000000160. The first-order valence-corrected chi connectivity index (χ1v) is 1.51. The van der Waals surface area contributed by atoms with E-state index in [1.807, 2.05) is 0 Å². The van der Waals surface area contributed by atoms with Crippen molar-refractivity contribution in [3.63, 3.8) is 0 Å². The summed E-state index contributed by atoms with van der Waals surface area (Å²) in [5.41, 5.74) is 0. The molecule has 1 fully saturated rings. The molecular weight excluding hydrogens is 91.1 g/mol. The van der Waals surface area contributed by atoms with Crippen molar-refractivity contribution < 1.29 is 4.74 Å². The van der Waals surface area contributed by atoms with Crippen LogP contribution in [0.4, 0.5) is 0 Å². The summed E-state index contributed by atoms with van der Waals surface area (Å²) in [6.07, 6.45) is 0.583. The molecule has 0 aliphatic carbocycles. The summed E-state index contributed by atoms with van der Waals surface area (Å²) >= 11 is 0. The van der Waals surface area contributed by atoms with Gasteiger partial charge in [0.2, 0.25) is 0 Å². The Morgan fingerprint density at radius 3 is 2.00 bits per heavy atom. The Kier molecular flexibility index (Phi) is 3.58. The summed E-state index contributed by atoms with van der Waals surface area (Å²) in [6, 6.07) is 0. The van der Waals surface area contributed by atoms with E-state index in [0.29, 0.717) is 6.10 Å². The van der Waals surface area contributed by atoms with Crippen LogP contribution >= 0.6 is 0 Å². The van der Waals surface area contributed by atoms with Gasteiger partial charge in [-0.05, 0) is 6.92 Å². The second kappa shape index (κ2) is 2.72. The molecule has 0 aromatic heterocycles. The normalized spacial score (nSPS) is 31.8. The van der Waals surface area contributed by atoms with Gasteiger partial charge in [0.1, 0.15) is 0 Å². The summed E-state index contributed by atoms with van der Waals surface area (Å²) in [5.74, 6) is 0. The smallest absolute Gasteiger partial charge is 0.0781 e. The molecule has 5 heavy (non-hydrogen) atoms. The van der Waals surface area contributed by atoms with Gasteiger partial charge in [-0.15, -0.1) is 0 Å². The van der Waals surface area contributed by atoms with Crippen molar-refractivity contribution >= 4 is 51.4 Å². The van der Waals surface area contributed by atoms with E-state index in [4.69, 9.17) is 4.74 Å². The van der Waals surface area contributed by atoms with Gasteiger partial charge >= 0.3 is 0 Å². The average Bonchev–Trinajstić information content (AvgIpc) is 1.75. The molecule has 0 aromatic rings. The molecule has 0 spiro atoms. The van der Waals surface area contributed by atoms with E-state index >= 15 is 0 Å². The zero-order valence-electron chi connectivity index (χ0n) is 3.69. The van der Waals surface area contributed by atoms with Crippen molar-refractivity contribution in [3.8, 4) is 0 Å². The second-order valence-electron chi connectivity index (χ2n) is 1.14. The standard InChI is InChI=1S/C3H6O.K/c1-3-2-4-3;/h3H,2H2,1H3;. The fourth-order valence-electron chi connectivity index (χ4n) is 0.0962. The SMILES string of the molecule is CC1CO1.[K]. The Labute approximate surface area is 74.5 Å².